The van der Waals surface area contributed by atoms with Crippen molar-refractivity contribution >= 4 is 6.29 Å². The standard InChI is InChI=1S/C13H16O2/c14-10-5-4-8-13(9-11-15)12-6-2-1-3-7-12/h1-7,11,13-14H,8-10H2/b5-4+. The van der Waals surface area contributed by atoms with Crippen LogP contribution in [0, 0.1) is 0 Å². The van der Waals surface area contributed by atoms with Crippen molar-refractivity contribution in [2.45, 2.75) is 18.8 Å². The smallest absolute Gasteiger partial charge is 0.120 e. The molecule has 0 saturated heterocycles. The Morgan fingerprint density at radius 3 is 2.47 bits per heavy atom. The Hall–Kier alpha value is -1.41. The largest absolute Gasteiger partial charge is 0.392 e. The SMILES string of the molecule is O=CCC(C/C=C/CO)c1ccccc1. The third-order valence-corrected chi connectivity index (χ3v) is 2.34. The number of carbonyl (C=O) groups excluding carboxylic acids is 1. The van der Waals surface area contributed by atoms with Crippen LogP contribution in [0.15, 0.2) is 42.5 Å². The zero-order chi connectivity index (χ0) is 10.9. The van der Waals surface area contributed by atoms with Crippen LogP contribution in [0.25, 0.3) is 0 Å². The number of rotatable bonds is 6. The molecule has 0 fully saturated rings. The van der Waals surface area contributed by atoms with Gasteiger partial charge < -0.3 is 9.90 Å². The van der Waals surface area contributed by atoms with Gasteiger partial charge >= 0.3 is 0 Å². The number of aldehydes is 1. The van der Waals surface area contributed by atoms with Gasteiger partial charge in [-0.3, -0.25) is 0 Å². The van der Waals surface area contributed by atoms with E-state index in [2.05, 4.69) is 0 Å². The highest BCUT2D eigenvalue weighted by atomic mass is 16.2. The first-order valence-electron chi connectivity index (χ1n) is 5.13. The molecule has 0 bridgehead atoms. The maximum Gasteiger partial charge on any atom is 0.120 e. The quantitative estimate of drug-likeness (QED) is 0.570. The number of benzene rings is 1. The Kier molecular flexibility index (Phi) is 5.41. The molecule has 1 N–H and O–H groups in total. The van der Waals surface area contributed by atoms with Crippen molar-refractivity contribution in [3.8, 4) is 0 Å². The number of allylic oxidation sites excluding steroid dienone is 1. The molecule has 0 heterocycles. The van der Waals surface area contributed by atoms with Gasteiger partial charge in [-0.25, -0.2) is 0 Å². The summed E-state index contributed by atoms with van der Waals surface area (Å²) >= 11 is 0. The average Bonchev–Trinajstić information content (AvgIpc) is 2.29. The molecule has 1 atom stereocenters. The first-order chi connectivity index (χ1) is 7.38. The summed E-state index contributed by atoms with van der Waals surface area (Å²) in [4.78, 5) is 10.5. The summed E-state index contributed by atoms with van der Waals surface area (Å²) in [6.07, 6.45) is 5.90. The molecule has 0 aliphatic heterocycles. The minimum absolute atomic E-state index is 0.0581. The lowest BCUT2D eigenvalue weighted by Crippen LogP contribution is -1.98. The third-order valence-electron chi connectivity index (χ3n) is 2.34. The van der Waals surface area contributed by atoms with Crippen LogP contribution in [0.1, 0.15) is 24.3 Å². The molecule has 15 heavy (non-hydrogen) atoms. The lowest BCUT2D eigenvalue weighted by molar-refractivity contribution is -0.108. The number of aliphatic hydroxyl groups is 1. The Bertz CT molecular complexity index is 304. The topological polar surface area (TPSA) is 37.3 Å². The van der Waals surface area contributed by atoms with E-state index in [0.717, 1.165) is 12.7 Å². The predicted octanol–water partition coefficient (Wildman–Crippen LogP) is 2.30. The van der Waals surface area contributed by atoms with Crippen molar-refractivity contribution in [2.75, 3.05) is 6.61 Å². The second kappa shape index (κ2) is 6.96. The van der Waals surface area contributed by atoms with Gasteiger partial charge in [0.2, 0.25) is 0 Å². The average molecular weight is 204 g/mol. The Labute approximate surface area is 90.3 Å². The minimum atomic E-state index is 0.0581. The molecule has 0 aliphatic rings. The second-order valence-electron chi connectivity index (χ2n) is 3.40. The van der Waals surface area contributed by atoms with Gasteiger partial charge in [0.1, 0.15) is 6.29 Å². The van der Waals surface area contributed by atoms with Crippen molar-refractivity contribution in [1.29, 1.82) is 0 Å². The van der Waals surface area contributed by atoms with Crippen LogP contribution in [0.3, 0.4) is 0 Å². The lowest BCUT2D eigenvalue weighted by Gasteiger charge is -2.11. The zero-order valence-electron chi connectivity index (χ0n) is 8.67. The van der Waals surface area contributed by atoms with E-state index in [9.17, 15) is 4.79 Å². The summed E-state index contributed by atoms with van der Waals surface area (Å²) in [6, 6.07) is 9.97. The van der Waals surface area contributed by atoms with Gasteiger partial charge in [0.05, 0.1) is 6.61 Å². The van der Waals surface area contributed by atoms with E-state index in [0.29, 0.717) is 6.42 Å². The molecular formula is C13H16O2. The molecule has 80 valence electrons. The highest BCUT2D eigenvalue weighted by Crippen LogP contribution is 2.22. The van der Waals surface area contributed by atoms with E-state index < -0.39 is 0 Å². The van der Waals surface area contributed by atoms with Crippen LogP contribution in [-0.2, 0) is 4.79 Å². The molecule has 2 heteroatoms. The van der Waals surface area contributed by atoms with Crippen LogP contribution in [0.2, 0.25) is 0 Å². The van der Waals surface area contributed by atoms with Gasteiger partial charge in [-0.15, -0.1) is 0 Å². The van der Waals surface area contributed by atoms with Crippen molar-refractivity contribution in [3.05, 3.63) is 48.0 Å². The molecule has 0 spiro atoms. The highest BCUT2D eigenvalue weighted by molar-refractivity contribution is 5.51. The van der Waals surface area contributed by atoms with Gasteiger partial charge in [-0.1, -0.05) is 42.5 Å². The molecule has 0 amide bonds. The monoisotopic (exact) mass is 204 g/mol. The lowest BCUT2D eigenvalue weighted by atomic mass is 9.93. The number of carbonyl (C=O) groups is 1. The molecule has 0 saturated carbocycles. The fraction of sp³-hybridized carbons (Fsp3) is 0.308. The fourth-order valence-corrected chi connectivity index (χ4v) is 1.54. The fourth-order valence-electron chi connectivity index (χ4n) is 1.54. The Balaban J connectivity index is 2.65. The predicted molar refractivity (Wildman–Crippen MR) is 60.7 cm³/mol. The van der Waals surface area contributed by atoms with Crippen LogP contribution < -0.4 is 0 Å². The Morgan fingerprint density at radius 2 is 1.87 bits per heavy atom. The van der Waals surface area contributed by atoms with Crippen LogP contribution >= 0.6 is 0 Å². The molecule has 0 radical (unpaired) electrons. The minimum Gasteiger partial charge on any atom is -0.392 e. The first kappa shape index (κ1) is 11.7. The number of aliphatic hydroxyl groups excluding tert-OH is 1. The highest BCUT2D eigenvalue weighted by Gasteiger charge is 2.08. The summed E-state index contributed by atoms with van der Waals surface area (Å²) in [7, 11) is 0. The maximum absolute atomic E-state index is 10.5. The number of hydrogen-bond acceptors (Lipinski definition) is 2. The third kappa shape index (κ3) is 4.09. The van der Waals surface area contributed by atoms with Crippen molar-refractivity contribution in [2.24, 2.45) is 0 Å². The summed E-state index contributed by atoms with van der Waals surface area (Å²) in [5, 5.41) is 8.62. The molecule has 0 aliphatic carbocycles. The van der Waals surface area contributed by atoms with Crippen LogP contribution in [0.4, 0.5) is 0 Å². The molecule has 2 nitrogen and oxygen atoms in total. The maximum atomic E-state index is 10.5. The number of hydrogen-bond donors (Lipinski definition) is 1. The molecule has 1 aromatic rings. The molecule has 0 aromatic heterocycles. The van der Waals surface area contributed by atoms with E-state index >= 15 is 0 Å². The second-order valence-corrected chi connectivity index (χ2v) is 3.40. The molecule has 1 rings (SSSR count). The van der Waals surface area contributed by atoms with E-state index in [-0.39, 0.29) is 12.5 Å². The zero-order valence-corrected chi connectivity index (χ0v) is 8.67. The van der Waals surface area contributed by atoms with Crippen molar-refractivity contribution in [1.82, 2.24) is 0 Å². The van der Waals surface area contributed by atoms with Crippen LogP contribution in [0.5, 0.6) is 0 Å². The van der Waals surface area contributed by atoms with Gasteiger partial charge in [0.15, 0.2) is 0 Å². The summed E-state index contributed by atoms with van der Waals surface area (Å²) in [5.74, 6) is 0.228. The molecule has 1 unspecified atom stereocenters. The van der Waals surface area contributed by atoms with Gasteiger partial charge in [0.25, 0.3) is 0 Å². The Morgan fingerprint density at radius 1 is 1.13 bits per heavy atom. The van der Waals surface area contributed by atoms with Crippen LogP contribution in [-0.4, -0.2) is 18.0 Å². The van der Waals surface area contributed by atoms with E-state index in [1.54, 1.807) is 6.08 Å². The first-order valence-corrected chi connectivity index (χ1v) is 5.13. The van der Waals surface area contributed by atoms with Crippen molar-refractivity contribution in [3.63, 3.8) is 0 Å². The van der Waals surface area contributed by atoms with Gasteiger partial charge in [-0.05, 0) is 17.9 Å². The summed E-state index contributed by atoms with van der Waals surface area (Å²) < 4.78 is 0. The van der Waals surface area contributed by atoms with Gasteiger partial charge in [0, 0.05) is 6.42 Å². The van der Waals surface area contributed by atoms with E-state index in [1.165, 1.54) is 5.56 Å². The molecule has 1 aromatic carbocycles. The van der Waals surface area contributed by atoms with E-state index in [4.69, 9.17) is 5.11 Å². The normalized spacial score (nSPS) is 12.9. The summed E-state index contributed by atoms with van der Waals surface area (Å²) in [5.41, 5.74) is 1.17. The molecular weight excluding hydrogens is 188 g/mol. The summed E-state index contributed by atoms with van der Waals surface area (Å²) in [6.45, 7) is 0.0581. The van der Waals surface area contributed by atoms with E-state index in [1.807, 2.05) is 36.4 Å². The van der Waals surface area contributed by atoms with Crippen molar-refractivity contribution < 1.29 is 9.90 Å². The van der Waals surface area contributed by atoms with Gasteiger partial charge in [-0.2, -0.15) is 0 Å².